The van der Waals surface area contributed by atoms with Crippen LogP contribution in [-0.2, 0) is 11.8 Å². The summed E-state index contributed by atoms with van der Waals surface area (Å²) >= 11 is 3.48. The van der Waals surface area contributed by atoms with Crippen LogP contribution in [0.2, 0.25) is 0 Å². The minimum absolute atomic E-state index is 0.970. The fraction of sp³-hybridized carbons (Fsp3) is 0.400. The first kappa shape index (κ1) is 8.79. The molecule has 1 aromatic rings. The van der Waals surface area contributed by atoms with Gasteiger partial charge in [0, 0.05) is 5.33 Å². The molecule has 0 fully saturated rings. The molecule has 1 rings (SSSR count). The molecule has 0 N–H and O–H groups in total. The monoisotopic (exact) mass is 212 g/mol. The Morgan fingerprint density at radius 1 is 1.36 bits per heavy atom. The van der Waals surface area contributed by atoms with Crippen molar-refractivity contribution in [2.24, 2.45) is 0 Å². The molecule has 0 saturated heterocycles. The quantitative estimate of drug-likeness (QED) is 0.660. The van der Waals surface area contributed by atoms with E-state index in [1.165, 1.54) is 16.7 Å². The van der Waals surface area contributed by atoms with E-state index in [2.05, 4.69) is 48.0 Å². The van der Waals surface area contributed by atoms with Crippen molar-refractivity contribution in [1.29, 1.82) is 0 Å². The van der Waals surface area contributed by atoms with Crippen LogP contribution in [0.15, 0.2) is 18.2 Å². The average molecular weight is 213 g/mol. The number of rotatable bonds is 2. The molecule has 0 unspecified atom stereocenters. The van der Waals surface area contributed by atoms with Crippen LogP contribution in [0, 0.1) is 6.92 Å². The minimum Gasteiger partial charge on any atom is -0.0876 e. The molecule has 0 aliphatic carbocycles. The second-order valence-corrected chi connectivity index (χ2v) is 3.26. The standard InChI is InChI=1S/C10H13Br/c1-3-10-8(2)5-4-6-9(10)7-11/h4-6H,3,7H2,1-2H3. The average Bonchev–Trinajstić information content (AvgIpc) is 2.04. The predicted octanol–water partition coefficient (Wildman–Crippen LogP) is 3.45. The van der Waals surface area contributed by atoms with Crippen molar-refractivity contribution in [3.05, 3.63) is 34.9 Å². The summed E-state index contributed by atoms with van der Waals surface area (Å²) in [5.41, 5.74) is 4.32. The number of alkyl halides is 1. The van der Waals surface area contributed by atoms with E-state index in [-0.39, 0.29) is 0 Å². The highest BCUT2D eigenvalue weighted by Gasteiger charge is 2.00. The van der Waals surface area contributed by atoms with E-state index in [1.54, 1.807) is 0 Å². The predicted molar refractivity (Wildman–Crippen MR) is 53.2 cm³/mol. The Labute approximate surface area is 76.8 Å². The third-order valence-corrected chi connectivity index (χ3v) is 2.61. The van der Waals surface area contributed by atoms with Gasteiger partial charge in [-0.2, -0.15) is 0 Å². The first-order valence-corrected chi connectivity index (χ1v) is 5.05. The molecule has 0 aromatic heterocycles. The maximum Gasteiger partial charge on any atom is 0.0285 e. The van der Waals surface area contributed by atoms with Crippen molar-refractivity contribution in [3.8, 4) is 0 Å². The van der Waals surface area contributed by atoms with Gasteiger partial charge in [-0.3, -0.25) is 0 Å². The lowest BCUT2D eigenvalue weighted by Crippen LogP contribution is -1.92. The lowest BCUT2D eigenvalue weighted by molar-refractivity contribution is 1.08. The summed E-state index contributed by atoms with van der Waals surface area (Å²) in [4.78, 5) is 0. The van der Waals surface area contributed by atoms with Crippen LogP contribution < -0.4 is 0 Å². The first-order valence-electron chi connectivity index (χ1n) is 3.93. The molecule has 0 bridgehead atoms. The molecular weight excluding hydrogens is 200 g/mol. The first-order chi connectivity index (χ1) is 5.29. The number of benzene rings is 1. The molecule has 60 valence electrons. The van der Waals surface area contributed by atoms with Crippen molar-refractivity contribution < 1.29 is 0 Å². The molecule has 0 spiro atoms. The van der Waals surface area contributed by atoms with Crippen LogP contribution in [0.25, 0.3) is 0 Å². The van der Waals surface area contributed by atoms with Gasteiger partial charge in [0.1, 0.15) is 0 Å². The zero-order valence-corrected chi connectivity index (χ0v) is 8.61. The van der Waals surface area contributed by atoms with Crippen molar-refractivity contribution in [3.63, 3.8) is 0 Å². The van der Waals surface area contributed by atoms with Crippen molar-refractivity contribution >= 4 is 15.9 Å². The van der Waals surface area contributed by atoms with Crippen LogP contribution >= 0.6 is 15.9 Å². The molecule has 0 atom stereocenters. The largest absolute Gasteiger partial charge is 0.0876 e. The Bertz CT molecular complexity index is 241. The molecule has 1 heteroatoms. The number of hydrogen-bond donors (Lipinski definition) is 0. The Morgan fingerprint density at radius 2 is 2.09 bits per heavy atom. The van der Waals surface area contributed by atoms with Gasteiger partial charge in [-0.05, 0) is 30.0 Å². The fourth-order valence-corrected chi connectivity index (χ4v) is 1.92. The van der Waals surface area contributed by atoms with Crippen LogP contribution in [0.3, 0.4) is 0 Å². The van der Waals surface area contributed by atoms with Crippen LogP contribution in [0.5, 0.6) is 0 Å². The van der Waals surface area contributed by atoms with Gasteiger partial charge >= 0.3 is 0 Å². The zero-order valence-electron chi connectivity index (χ0n) is 7.02. The molecule has 0 aliphatic heterocycles. The number of halogens is 1. The van der Waals surface area contributed by atoms with Gasteiger partial charge in [-0.25, -0.2) is 0 Å². The highest BCUT2D eigenvalue weighted by Crippen LogP contribution is 2.17. The summed E-state index contributed by atoms with van der Waals surface area (Å²) in [6.45, 7) is 4.37. The highest BCUT2D eigenvalue weighted by molar-refractivity contribution is 9.08. The molecule has 0 nitrogen and oxygen atoms in total. The topological polar surface area (TPSA) is 0 Å². The summed E-state index contributed by atoms with van der Waals surface area (Å²) in [5, 5.41) is 0.970. The maximum atomic E-state index is 3.48. The van der Waals surface area contributed by atoms with Crippen LogP contribution in [-0.4, -0.2) is 0 Å². The Hall–Kier alpha value is -0.300. The third kappa shape index (κ3) is 1.84. The second-order valence-electron chi connectivity index (χ2n) is 2.70. The van der Waals surface area contributed by atoms with E-state index in [1.807, 2.05) is 0 Å². The molecule has 0 aliphatic rings. The van der Waals surface area contributed by atoms with E-state index in [4.69, 9.17) is 0 Å². The molecule has 0 radical (unpaired) electrons. The number of aryl methyl sites for hydroxylation is 1. The van der Waals surface area contributed by atoms with Gasteiger partial charge in [0.25, 0.3) is 0 Å². The van der Waals surface area contributed by atoms with Gasteiger partial charge < -0.3 is 0 Å². The van der Waals surface area contributed by atoms with E-state index in [0.717, 1.165) is 11.8 Å². The SMILES string of the molecule is CCc1c(C)cccc1CBr. The van der Waals surface area contributed by atoms with E-state index < -0.39 is 0 Å². The zero-order chi connectivity index (χ0) is 8.27. The Morgan fingerprint density at radius 3 is 2.55 bits per heavy atom. The molecule has 0 amide bonds. The van der Waals surface area contributed by atoms with Gasteiger partial charge in [0.15, 0.2) is 0 Å². The third-order valence-electron chi connectivity index (χ3n) is 2.00. The molecule has 0 heterocycles. The lowest BCUT2D eigenvalue weighted by atomic mass is 10.0. The fourth-order valence-electron chi connectivity index (χ4n) is 1.39. The van der Waals surface area contributed by atoms with E-state index in [9.17, 15) is 0 Å². The van der Waals surface area contributed by atoms with Crippen LogP contribution in [0.4, 0.5) is 0 Å². The summed E-state index contributed by atoms with van der Waals surface area (Å²) in [7, 11) is 0. The van der Waals surface area contributed by atoms with Crippen molar-refractivity contribution in [2.75, 3.05) is 0 Å². The Kier molecular flexibility index (Phi) is 3.13. The van der Waals surface area contributed by atoms with Crippen molar-refractivity contribution in [2.45, 2.75) is 25.6 Å². The van der Waals surface area contributed by atoms with Gasteiger partial charge in [0.2, 0.25) is 0 Å². The molecule has 1 aromatic carbocycles. The van der Waals surface area contributed by atoms with Gasteiger partial charge in [-0.1, -0.05) is 41.1 Å². The lowest BCUT2D eigenvalue weighted by Gasteiger charge is -2.07. The molecule has 11 heavy (non-hydrogen) atoms. The Balaban J connectivity index is 3.13. The molecule has 0 saturated carbocycles. The highest BCUT2D eigenvalue weighted by atomic mass is 79.9. The van der Waals surface area contributed by atoms with Crippen LogP contribution in [0.1, 0.15) is 23.6 Å². The minimum atomic E-state index is 0.970. The smallest absolute Gasteiger partial charge is 0.0285 e. The molecular formula is C10H13Br. The summed E-state index contributed by atoms with van der Waals surface area (Å²) < 4.78 is 0. The van der Waals surface area contributed by atoms with Crippen molar-refractivity contribution in [1.82, 2.24) is 0 Å². The van der Waals surface area contributed by atoms with Gasteiger partial charge in [0.05, 0.1) is 0 Å². The number of hydrogen-bond acceptors (Lipinski definition) is 0. The maximum absolute atomic E-state index is 3.48. The second kappa shape index (κ2) is 3.91. The summed E-state index contributed by atoms with van der Waals surface area (Å²) in [6.07, 6.45) is 1.13. The van der Waals surface area contributed by atoms with E-state index in [0.29, 0.717) is 0 Å². The summed E-state index contributed by atoms with van der Waals surface area (Å²) in [6, 6.07) is 6.47. The normalized spacial score (nSPS) is 10.1. The summed E-state index contributed by atoms with van der Waals surface area (Å²) in [5.74, 6) is 0. The van der Waals surface area contributed by atoms with Gasteiger partial charge in [-0.15, -0.1) is 0 Å². The van der Waals surface area contributed by atoms with E-state index >= 15 is 0 Å².